The van der Waals surface area contributed by atoms with Crippen molar-refractivity contribution in [2.45, 2.75) is 20.0 Å². The summed E-state index contributed by atoms with van der Waals surface area (Å²) in [5, 5.41) is 3.21. The zero-order valence-corrected chi connectivity index (χ0v) is 16.9. The zero-order chi connectivity index (χ0) is 21.0. The van der Waals surface area contributed by atoms with Crippen molar-refractivity contribution in [1.82, 2.24) is 0 Å². The number of rotatable bonds is 5. The van der Waals surface area contributed by atoms with Crippen LogP contribution in [-0.4, -0.2) is 11.9 Å². The molecule has 1 atom stereocenters. The van der Waals surface area contributed by atoms with Crippen LogP contribution in [0.5, 0.6) is 0 Å². The van der Waals surface area contributed by atoms with E-state index in [1.54, 1.807) is 24.3 Å². The summed E-state index contributed by atoms with van der Waals surface area (Å²) in [6.07, 6.45) is -1.12. The predicted molar refractivity (Wildman–Crippen MR) is 115 cm³/mol. The van der Waals surface area contributed by atoms with Crippen molar-refractivity contribution in [3.05, 3.63) is 94.0 Å². The van der Waals surface area contributed by atoms with Gasteiger partial charge in [0.25, 0.3) is 5.91 Å². The van der Waals surface area contributed by atoms with Gasteiger partial charge in [0.1, 0.15) is 0 Å². The Kier molecular flexibility index (Phi) is 6.20. The first-order valence-electron chi connectivity index (χ1n) is 9.04. The summed E-state index contributed by atoms with van der Waals surface area (Å²) < 4.78 is 5.57. The van der Waals surface area contributed by atoms with E-state index in [-0.39, 0.29) is 11.3 Å². The standard InChI is InChI=1S/C23H21ClN2O3/c1-14-8-9-15(2)20(12-14)26-22(27)21(16-6-4-3-5-7-16)29-23(28)17-10-11-18(24)19(25)13-17/h3-13,21H,25H2,1-2H3,(H,26,27). The molecule has 3 aromatic rings. The molecule has 0 saturated carbocycles. The number of esters is 1. The van der Waals surface area contributed by atoms with E-state index in [1.807, 2.05) is 38.1 Å². The molecule has 0 fully saturated rings. The predicted octanol–water partition coefficient (Wildman–Crippen LogP) is 5.08. The smallest absolute Gasteiger partial charge is 0.339 e. The van der Waals surface area contributed by atoms with Crippen molar-refractivity contribution in [2.24, 2.45) is 0 Å². The summed E-state index contributed by atoms with van der Waals surface area (Å²) in [5.74, 6) is -1.11. The molecule has 0 aliphatic carbocycles. The fourth-order valence-electron chi connectivity index (χ4n) is 2.82. The van der Waals surface area contributed by atoms with Crippen molar-refractivity contribution in [2.75, 3.05) is 11.1 Å². The molecule has 0 bridgehead atoms. The number of halogens is 1. The van der Waals surface area contributed by atoms with Gasteiger partial charge < -0.3 is 15.8 Å². The Morgan fingerprint density at radius 1 is 1.00 bits per heavy atom. The normalized spacial score (nSPS) is 11.6. The van der Waals surface area contributed by atoms with E-state index in [2.05, 4.69) is 5.32 Å². The molecule has 5 nitrogen and oxygen atoms in total. The van der Waals surface area contributed by atoms with Gasteiger partial charge in [-0.3, -0.25) is 4.79 Å². The number of benzene rings is 3. The second-order valence-electron chi connectivity index (χ2n) is 6.74. The highest BCUT2D eigenvalue weighted by Gasteiger charge is 2.26. The Balaban J connectivity index is 1.88. The van der Waals surface area contributed by atoms with Gasteiger partial charge in [0, 0.05) is 11.3 Å². The molecule has 6 heteroatoms. The lowest BCUT2D eigenvalue weighted by atomic mass is 10.1. The number of carbonyl (C=O) groups excluding carboxylic acids is 2. The molecular formula is C23H21ClN2O3. The molecule has 3 rings (SSSR count). The number of hydrogen-bond acceptors (Lipinski definition) is 4. The second-order valence-corrected chi connectivity index (χ2v) is 7.15. The van der Waals surface area contributed by atoms with Crippen LogP contribution in [0, 0.1) is 13.8 Å². The van der Waals surface area contributed by atoms with E-state index in [0.29, 0.717) is 16.3 Å². The van der Waals surface area contributed by atoms with Crippen molar-refractivity contribution < 1.29 is 14.3 Å². The van der Waals surface area contributed by atoms with Crippen LogP contribution in [0.4, 0.5) is 11.4 Å². The van der Waals surface area contributed by atoms with Gasteiger partial charge in [-0.2, -0.15) is 0 Å². The van der Waals surface area contributed by atoms with Gasteiger partial charge in [-0.05, 0) is 49.2 Å². The maximum Gasteiger partial charge on any atom is 0.339 e. The summed E-state index contributed by atoms with van der Waals surface area (Å²) in [5.41, 5.74) is 9.40. The van der Waals surface area contributed by atoms with E-state index < -0.39 is 18.0 Å². The van der Waals surface area contributed by atoms with Gasteiger partial charge in [0.15, 0.2) is 0 Å². The number of nitrogens with two attached hydrogens (primary N) is 1. The number of hydrogen-bond donors (Lipinski definition) is 2. The Hall–Kier alpha value is -3.31. The van der Waals surface area contributed by atoms with Crippen LogP contribution >= 0.6 is 11.6 Å². The molecule has 148 valence electrons. The summed E-state index contributed by atoms with van der Waals surface area (Å²) in [4.78, 5) is 25.7. The quantitative estimate of drug-likeness (QED) is 0.456. The molecule has 0 radical (unpaired) electrons. The summed E-state index contributed by atoms with van der Waals surface area (Å²) >= 11 is 5.91. The Morgan fingerprint density at radius 2 is 1.72 bits per heavy atom. The summed E-state index contributed by atoms with van der Waals surface area (Å²) in [7, 11) is 0. The van der Waals surface area contributed by atoms with Crippen LogP contribution in [0.1, 0.15) is 33.2 Å². The monoisotopic (exact) mass is 408 g/mol. The number of anilines is 2. The molecule has 0 aliphatic heterocycles. The topological polar surface area (TPSA) is 81.4 Å². The highest BCUT2D eigenvalue weighted by Crippen LogP contribution is 2.25. The summed E-state index contributed by atoms with van der Waals surface area (Å²) in [6, 6.07) is 19.1. The SMILES string of the molecule is Cc1ccc(C)c(NC(=O)C(OC(=O)c2ccc(Cl)c(N)c2)c2ccccc2)c1. The minimum atomic E-state index is -1.12. The number of carbonyl (C=O) groups is 2. The van der Waals surface area contributed by atoms with Gasteiger partial charge in [0.05, 0.1) is 16.3 Å². The summed E-state index contributed by atoms with van der Waals surface area (Å²) in [6.45, 7) is 3.84. The highest BCUT2D eigenvalue weighted by atomic mass is 35.5. The number of ether oxygens (including phenoxy) is 1. The lowest BCUT2D eigenvalue weighted by Crippen LogP contribution is -2.26. The van der Waals surface area contributed by atoms with Crippen molar-refractivity contribution in [3.63, 3.8) is 0 Å². The lowest BCUT2D eigenvalue weighted by molar-refractivity contribution is -0.125. The molecule has 3 aromatic carbocycles. The average molecular weight is 409 g/mol. The first-order valence-corrected chi connectivity index (χ1v) is 9.42. The van der Waals surface area contributed by atoms with Crippen LogP contribution in [0.3, 0.4) is 0 Å². The van der Waals surface area contributed by atoms with Crippen LogP contribution in [0.25, 0.3) is 0 Å². The zero-order valence-electron chi connectivity index (χ0n) is 16.1. The molecule has 29 heavy (non-hydrogen) atoms. The maximum absolute atomic E-state index is 13.0. The van der Waals surface area contributed by atoms with Gasteiger partial charge in [0.2, 0.25) is 6.10 Å². The first-order chi connectivity index (χ1) is 13.8. The molecule has 0 aliphatic rings. The Bertz CT molecular complexity index is 1050. The molecule has 1 amide bonds. The molecule has 0 saturated heterocycles. The third-order valence-corrected chi connectivity index (χ3v) is 4.79. The van der Waals surface area contributed by atoms with E-state index in [4.69, 9.17) is 22.1 Å². The average Bonchev–Trinajstić information content (AvgIpc) is 2.71. The van der Waals surface area contributed by atoms with E-state index in [1.165, 1.54) is 18.2 Å². The van der Waals surface area contributed by atoms with Crippen LogP contribution in [0.2, 0.25) is 5.02 Å². The third-order valence-electron chi connectivity index (χ3n) is 4.45. The first kappa shape index (κ1) is 20.4. The lowest BCUT2D eigenvalue weighted by Gasteiger charge is -2.19. The highest BCUT2D eigenvalue weighted by molar-refractivity contribution is 6.33. The fourth-order valence-corrected chi connectivity index (χ4v) is 2.93. The molecule has 0 heterocycles. The molecular weight excluding hydrogens is 388 g/mol. The van der Waals surface area contributed by atoms with Crippen molar-refractivity contribution >= 4 is 34.9 Å². The second kappa shape index (κ2) is 8.80. The van der Waals surface area contributed by atoms with Crippen molar-refractivity contribution in [1.29, 1.82) is 0 Å². The van der Waals surface area contributed by atoms with E-state index in [9.17, 15) is 9.59 Å². The van der Waals surface area contributed by atoms with Gasteiger partial charge in [-0.15, -0.1) is 0 Å². The molecule has 0 aromatic heterocycles. The molecule has 1 unspecified atom stereocenters. The molecule has 3 N–H and O–H groups in total. The van der Waals surface area contributed by atoms with Crippen LogP contribution in [0.15, 0.2) is 66.7 Å². The van der Waals surface area contributed by atoms with Crippen LogP contribution < -0.4 is 11.1 Å². The Labute approximate surface area is 174 Å². The number of aryl methyl sites for hydroxylation is 2. The van der Waals surface area contributed by atoms with Gasteiger partial charge >= 0.3 is 5.97 Å². The van der Waals surface area contributed by atoms with Crippen LogP contribution in [-0.2, 0) is 9.53 Å². The minimum Gasteiger partial charge on any atom is -0.444 e. The number of nitrogens with one attached hydrogen (secondary N) is 1. The van der Waals surface area contributed by atoms with Gasteiger partial charge in [-0.25, -0.2) is 4.79 Å². The largest absolute Gasteiger partial charge is 0.444 e. The minimum absolute atomic E-state index is 0.215. The fraction of sp³-hybridized carbons (Fsp3) is 0.130. The Morgan fingerprint density at radius 3 is 2.41 bits per heavy atom. The third kappa shape index (κ3) is 4.95. The van der Waals surface area contributed by atoms with E-state index >= 15 is 0 Å². The van der Waals surface area contributed by atoms with E-state index in [0.717, 1.165) is 11.1 Å². The maximum atomic E-state index is 13.0. The molecule has 0 spiro atoms. The van der Waals surface area contributed by atoms with Crippen molar-refractivity contribution in [3.8, 4) is 0 Å². The number of nitrogen functional groups attached to an aromatic ring is 1. The number of amides is 1. The van der Waals surface area contributed by atoms with Gasteiger partial charge in [-0.1, -0.05) is 54.1 Å².